The summed E-state index contributed by atoms with van der Waals surface area (Å²) >= 11 is 5.99. The van der Waals surface area contributed by atoms with Gasteiger partial charge in [0.2, 0.25) is 0 Å². The van der Waals surface area contributed by atoms with Crippen molar-refractivity contribution in [1.82, 2.24) is 5.32 Å². The van der Waals surface area contributed by atoms with Crippen molar-refractivity contribution in [3.8, 4) is 0 Å². The lowest BCUT2D eigenvalue weighted by atomic mass is 10.00. The normalized spacial score (nSPS) is 14.2. The topological polar surface area (TPSA) is 75.4 Å². The zero-order valence-corrected chi connectivity index (χ0v) is 11.2. The molecule has 0 bridgehead atoms. The van der Waals surface area contributed by atoms with E-state index in [4.69, 9.17) is 11.6 Å². The third-order valence-electron chi connectivity index (χ3n) is 3.08. The number of aliphatic hydroxyl groups is 1. The number of hydrogen-bond acceptors (Lipinski definition) is 4. The number of aliphatic hydroxyl groups excluding tert-OH is 1. The zero-order valence-electron chi connectivity index (χ0n) is 10.4. The number of non-ortho nitro benzene ring substituents is 1. The van der Waals surface area contributed by atoms with Gasteiger partial charge in [-0.3, -0.25) is 10.1 Å². The predicted molar refractivity (Wildman–Crippen MR) is 70.7 cm³/mol. The van der Waals surface area contributed by atoms with Crippen LogP contribution in [-0.2, 0) is 6.54 Å². The predicted octanol–water partition coefficient (Wildman–Crippen LogP) is 2.50. The monoisotopic (exact) mass is 272 g/mol. The Balaban J connectivity index is 2.84. The van der Waals surface area contributed by atoms with E-state index in [1.54, 1.807) is 0 Å². The molecule has 0 amide bonds. The SMILES string of the molecule is CCC(C)(CO)NCc1cc([N+](=O)[O-])ccc1Cl. The lowest BCUT2D eigenvalue weighted by Gasteiger charge is -2.27. The molecular formula is C12H17ClN2O3. The molecule has 2 N–H and O–H groups in total. The molecule has 1 aromatic rings. The van der Waals surface area contributed by atoms with Crippen LogP contribution < -0.4 is 5.32 Å². The molecule has 0 aliphatic carbocycles. The van der Waals surface area contributed by atoms with E-state index in [2.05, 4.69) is 5.32 Å². The minimum Gasteiger partial charge on any atom is -0.394 e. The van der Waals surface area contributed by atoms with Gasteiger partial charge in [-0.25, -0.2) is 0 Å². The number of nitrogens with one attached hydrogen (secondary N) is 1. The summed E-state index contributed by atoms with van der Waals surface area (Å²) in [5.41, 5.74) is 0.255. The second-order valence-corrected chi connectivity index (χ2v) is 4.87. The van der Waals surface area contributed by atoms with Gasteiger partial charge in [0.1, 0.15) is 0 Å². The summed E-state index contributed by atoms with van der Waals surface area (Å²) < 4.78 is 0. The molecule has 1 atom stereocenters. The van der Waals surface area contributed by atoms with E-state index >= 15 is 0 Å². The fraction of sp³-hybridized carbons (Fsp3) is 0.500. The minimum absolute atomic E-state index is 0.00392. The van der Waals surface area contributed by atoms with E-state index in [1.165, 1.54) is 18.2 Å². The smallest absolute Gasteiger partial charge is 0.269 e. The first-order valence-corrected chi connectivity index (χ1v) is 6.08. The Morgan fingerprint density at radius 3 is 2.72 bits per heavy atom. The molecule has 0 aromatic heterocycles. The Bertz CT molecular complexity index is 433. The molecule has 0 radical (unpaired) electrons. The van der Waals surface area contributed by atoms with Gasteiger partial charge in [0, 0.05) is 29.2 Å². The van der Waals surface area contributed by atoms with Crippen LogP contribution in [0.3, 0.4) is 0 Å². The number of hydrogen-bond donors (Lipinski definition) is 2. The highest BCUT2D eigenvalue weighted by Gasteiger charge is 2.20. The second kappa shape index (κ2) is 6.13. The van der Waals surface area contributed by atoms with Crippen molar-refractivity contribution in [2.75, 3.05) is 6.61 Å². The van der Waals surface area contributed by atoms with Crippen LogP contribution in [0.2, 0.25) is 5.02 Å². The number of nitro groups is 1. The maximum Gasteiger partial charge on any atom is 0.269 e. The van der Waals surface area contributed by atoms with Crippen LogP contribution in [0, 0.1) is 10.1 Å². The average Bonchev–Trinajstić information content (AvgIpc) is 2.37. The third-order valence-corrected chi connectivity index (χ3v) is 3.44. The van der Waals surface area contributed by atoms with Gasteiger partial charge < -0.3 is 10.4 Å². The quantitative estimate of drug-likeness (QED) is 0.616. The molecule has 0 saturated carbocycles. The summed E-state index contributed by atoms with van der Waals surface area (Å²) in [5.74, 6) is 0. The summed E-state index contributed by atoms with van der Waals surface area (Å²) in [5, 5.41) is 23.6. The minimum atomic E-state index is -0.453. The largest absolute Gasteiger partial charge is 0.394 e. The second-order valence-electron chi connectivity index (χ2n) is 4.46. The summed E-state index contributed by atoms with van der Waals surface area (Å²) in [6.07, 6.45) is 0.746. The molecule has 18 heavy (non-hydrogen) atoms. The number of halogens is 1. The summed E-state index contributed by atoms with van der Waals surface area (Å²) in [6, 6.07) is 4.33. The van der Waals surface area contributed by atoms with Crippen LogP contribution >= 0.6 is 11.6 Å². The Hall–Kier alpha value is -1.17. The van der Waals surface area contributed by atoms with E-state index in [0.29, 0.717) is 17.1 Å². The molecular weight excluding hydrogens is 256 g/mol. The van der Waals surface area contributed by atoms with Crippen molar-refractivity contribution < 1.29 is 10.0 Å². The highest BCUT2D eigenvalue weighted by atomic mass is 35.5. The molecule has 0 spiro atoms. The standard InChI is InChI=1S/C12H17ClN2O3/c1-3-12(2,8-16)14-7-9-6-10(15(17)18)4-5-11(9)13/h4-6,14,16H,3,7-8H2,1-2H3. The molecule has 0 aliphatic heterocycles. The first-order valence-electron chi connectivity index (χ1n) is 5.70. The Morgan fingerprint density at radius 2 is 2.22 bits per heavy atom. The molecule has 0 fully saturated rings. The first-order chi connectivity index (χ1) is 8.41. The van der Waals surface area contributed by atoms with Gasteiger partial charge in [-0.1, -0.05) is 18.5 Å². The first kappa shape index (κ1) is 14.9. The van der Waals surface area contributed by atoms with Crippen molar-refractivity contribution in [3.63, 3.8) is 0 Å². The Labute approximate surface area is 111 Å². The molecule has 0 saturated heterocycles. The lowest BCUT2D eigenvalue weighted by molar-refractivity contribution is -0.384. The summed E-state index contributed by atoms with van der Waals surface area (Å²) in [6.45, 7) is 4.22. The average molecular weight is 273 g/mol. The highest BCUT2D eigenvalue weighted by Crippen LogP contribution is 2.22. The van der Waals surface area contributed by atoms with Crippen LogP contribution in [0.4, 0.5) is 5.69 Å². The maximum absolute atomic E-state index is 10.7. The van der Waals surface area contributed by atoms with Gasteiger partial charge in [0.15, 0.2) is 0 Å². The van der Waals surface area contributed by atoms with Crippen LogP contribution in [0.15, 0.2) is 18.2 Å². The molecule has 5 nitrogen and oxygen atoms in total. The van der Waals surface area contributed by atoms with Crippen LogP contribution in [-0.4, -0.2) is 22.2 Å². The highest BCUT2D eigenvalue weighted by molar-refractivity contribution is 6.31. The van der Waals surface area contributed by atoms with E-state index in [-0.39, 0.29) is 12.3 Å². The number of rotatable bonds is 6. The van der Waals surface area contributed by atoms with Crippen LogP contribution in [0.5, 0.6) is 0 Å². The Morgan fingerprint density at radius 1 is 1.56 bits per heavy atom. The van der Waals surface area contributed by atoms with Gasteiger partial charge in [0.05, 0.1) is 11.5 Å². The van der Waals surface area contributed by atoms with Crippen molar-refractivity contribution in [2.24, 2.45) is 0 Å². The molecule has 1 rings (SSSR count). The molecule has 6 heteroatoms. The molecule has 100 valence electrons. The van der Waals surface area contributed by atoms with Crippen molar-refractivity contribution in [2.45, 2.75) is 32.4 Å². The zero-order chi connectivity index (χ0) is 13.8. The van der Waals surface area contributed by atoms with Crippen LogP contribution in [0.25, 0.3) is 0 Å². The molecule has 1 unspecified atom stereocenters. The molecule has 0 heterocycles. The van der Waals surface area contributed by atoms with Crippen molar-refractivity contribution in [1.29, 1.82) is 0 Å². The van der Waals surface area contributed by atoms with E-state index in [0.717, 1.165) is 6.42 Å². The van der Waals surface area contributed by atoms with Gasteiger partial charge in [0.25, 0.3) is 5.69 Å². The third kappa shape index (κ3) is 3.66. The van der Waals surface area contributed by atoms with E-state index < -0.39 is 10.5 Å². The maximum atomic E-state index is 10.7. The number of nitrogens with zero attached hydrogens (tertiary/aromatic N) is 1. The van der Waals surface area contributed by atoms with Crippen molar-refractivity contribution in [3.05, 3.63) is 38.9 Å². The van der Waals surface area contributed by atoms with Crippen LogP contribution in [0.1, 0.15) is 25.8 Å². The summed E-state index contributed by atoms with van der Waals surface area (Å²) in [7, 11) is 0. The number of nitro benzene ring substituents is 1. The van der Waals surface area contributed by atoms with Gasteiger partial charge in [-0.05, 0) is 25.0 Å². The fourth-order valence-corrected chi connectivity index (χ4v) is 1.60. The van der Waals surface area contributed by atoms with Gasteiger partial charge in [-0.2, -0.15) is 0 Å². The van der Waals surface area contributed by atoms with Gasteiger partial charge >= 0.3 is 0 Å². The van der Waals surface area contributed by atoms with Crippen molar-refractivity contribution >= 4 is 17.3 Å². The lowest BCUT2D eigenvalue weighted by Crippen LogP contribution is -2.44. The Kier molecular flexibility index (Phi) is 5.07. The van der Waals surface area contributed by atoms with Gasteiger partial charge in [-0.15, -0.1) is 0 Å². The summed E-state index contributed by atoms with van der Waals surface area (Å²) in [4.78, 5) is 10.2. The van der Waals surface area contributed by atoms with E-state index in [9.17, 15) is 15.2 Å². The van der Waals surface area contributed by atoms with E-state index in [1.807, 2.05) is 13.8 Å². The molecule has 1 aromatic carbocycles. The molecule has 0 aliphatic rings. The number of benzene rings is 1. The fourth-order valence-electron chi connectivity index (χ4n) is 1.41.